The van der Waals surface area contributed by atoms with Gasteiger partial charge >= 0.3 is 5.89 Å². The summed E-state index contributed by atoms with van der Waals surface area (Å²) < 4.78 is 6.25. The second-order valence-electron chi connectivity index (χ2n) is 4.57. The van der Waals surface area contributed by atoms with Gasteiger partial charge in [-0.2, -0.15) is 0 Å². The van der Waals surface area contributed by atoms with Crippen LogP contribution in [0.3, 0.4) is 0 Å². The number of hydrogen-bond acceptors (Lipinski definition) is 3. The van der Waals surface area contributed by atoms with Gasteiger partial charge in [-0.1, -0.05) is 12.1 Å². The molecule has 94 valence electrons. The molecule has 5 heteroatoms. The highest BCUT2D eigenvalue weighted by atomic mass is 16.5. The number of hydrogen-bond donors (Lipinski definition) is 1. The number of para-hydroxylation sites is 2. The Morgan fingerprint density at radius 2 is 2.22 bits per heavy atom. The van der Waals surface area contributed by atoms with Crippen molar-refractivity contribution in [3.8, 4) is 0 Å². The number of rotatable bonds is 4. The SMILES string of the molecule is O=C(NCCc1oc2ccccc2[n+]1[O-])C1CC1. The standard InChI is InChI=1S/C13H14N2O3/c16-13(9-5-6-9)14-8-7-12-15(17)10-3-1-2-4-11(10)18-12/h1-4,9H,5-8H2,(H,14,16). The Labute approximate surface area is 104 Å². The van der Waals surface area contributed by atoms with E-state index in [4.69, 9.17) is 4.42 Å². The van der Waals surface area contributed by atoms with Crippen LogP contribution < -0.4 is 10.0 Å². The van der Waals surface area contributed by atoms with Crippen LogP contribution in [0.5, 0.6) is 0 Å². The lowest BCUT2D eigenvalue weighted by Crippen LogP contribution is -2.33. The van der Waals surface area contributed by atoms with Crippen LogP contribution in [0.15, 0.2) is 28.7 Å². The molecular weight excluding hydrogens is 232 g/mol. The van der Waals surface area contributed by atoms with Crippen molar-refractivity contribution >= 4 is 17.0 Å². The van der Waals surface area contributed by atoms with Gasteiger partial charge in [0, 0.05) is 18.5 Å². The quantitative estimate of drug-likeness (QED) is 0.649. The monoisotopic (exact) mass is 246 g/mol. The van der Waals surface area contributed by atoms with Crippen LogP contribution >= 0.6 is 0 Å². The molecule has 1 N–H and O–H groups in total. The Kier molecular flexibility index (Phi) is 2.66. The molecule has 1 heterocycles. The Morgan fingerprint density at radius 3 is 2.94 bits per heavy atom. The van der Waals surface area contributed by atoms with Gasteiger partial charge in [0.1, 0.15) is 0 Å². The predicted molar refractivity (Wildman–Crippen MR) is 64.6 cm³/mol. The van der Waals surface area contributed by atoms with Crippen LogP contribution in [-0.2, 0) is 11.2 Å². The van der Waals surface area contributed by atoms with E-state index in [1.807, 2.05) is 6.07 Å². The van der Waals surface area contributed by atoms with Crippen molar-refractivity contribution in [1.29, 1.82) is 0 Å². The first-order valence-corrected chi connectivity index (χ1v) is 6.13. The zero-order valence-electron chi connectivity index (χ0n) is 9.89. The fourth-order valence-electron chi connectivity index (χ4n) is 1.95. The summed E-state index contributed by atoms with van der Waals surface area (Å²) >= 11 is 0. The van der Waals surface area contributed by atoms with Gasteiger partial charge in [-0.15, -0.1) is 4.73 Å². The lowest BCUT2D eigenvalue weighted by molar-refractivity contribution is -0.592. The second kappa shape index (κ2) is 4.33. The molecule has 2 aromatic rings. The number of carbonyl (C=O) groups is 1. The molecule has 18 heavy (non-hydrogen) atoms. The maximum absolute atomic E-state index is 11.9. The van der Waals surface area contributed by atoms with E-state index in [0.717, 1.165) is 17.6 Å². The molecule has 5 nitrogen and oxygen atoms in total. The van der Waals surface area contributed by atoms with Crippen molar-refractivity contribution in [2.24, 2.45) is 5.92 Å². The van der Waals surface area contributed by atoms with Crippen molar-refractivity contribution in [2.75, 3.05) is 6.54 Å². The van der Waals surface area contributed by atoms with E-state index in [1.165, 1.54) is 0 Å². The maximum atomic E-state index is 11.9. The second-order valence-corrected chi connectivity index (χ2v) is 4.57. The zero-order valence-corrected chi connectivity index (χ0v) is 9.89. The highest BCUT2D eigenvalue weighted by molar-refractivity contribution is 5.80. The summed E-state index contributed by atoms with van der Waals surface area (Å²) in [7, 11) is 0. The first-order chi connectivity index (χ1) is 8.75. The number of nitrogens with zero attached hydrogens (tertiary/aromatic N) is 1. The molecular formula is C13H14N2O3. The number of oxazole rings is 1. The summed E-state index contributed by atoms with van der Waals surface area (Å²) in [5, 5.41) is 14.7. The van der Waals surface area contributed by atoms with E-state index >= 15 is 0 Å². The van der Waals surface area contributed by atoms with Crippen molar-refractivity contribution in [3.63, 3.8) is 0 Å². The van der Waals surface area contributed by atoms with Gasteiger partial charge in [-0.3, -0.25) is 4.79 Å². The summed E-state index contributed by atoms with van der Waals surface area (Å²) in [5.74, 6) is 0.621. The van der Waals surface area contributed by atoms with Crippen LogP contribution in [0.1, 0.15) is 18.7 Å². The molecule has 1 saturated carbocycles. The third kappa shape index (κ3) is 2.03. The largest absolute Gasteiger partial charge is 0.616 e. The van der Waals surface area contributed by atoms with Gasteiger partial charge in [0.25, 0.3) is 5.52 Å². The number of amides is 1. The molecule has 1 amide bonds. The highest BCUT2D eigenvalue weighted by Crippen LogP contribution is 2.28. The average molecular weight is 246 g/mol. The molecule has 1 aromatic carbocycles. The predicted octanol–water partition coefficient (Wildman–Crippen LogP) is 1.13. The summed E-state index contributed by atoms with van der Waals surface area (Å²) in [6.45, 7) is 0.442. The molecule has 3 rings (SSSR count). The number of benzene rings is 1. The Balaban J connectivity index is 1.66. The Morgan fingerprint density at radius 1 is 1.44 bits per heavy atom. The average Bonchev–Trinajstić information content (AvgIpc) is 3.17. The van der Waals surface area contributed by atoms with Crippen LogP contribution in [0.4, 0.5) is 0 Å². The minimum Gasteiger partial charge on any atom is -0.616 e. The molecule has 1 aromatic heterocycles. The summed E-state index contributed by atoms with van der Waals surface area (Å²) in [4.78, 5) is 11.4. The van der Waals surface area contributed by atoms with Crippen molar-refractivity contribution < 1.29 is 13.9 Å². The molecule has 0 saturated heterocycles. The van der Waals surface area contributed by atoms with Gasteiger partial charge < -0.3 is 14.9 Å². The summed E-state index contributed by atoms with van der Waals surface area (Å²) in [6.07, 6.45) is 2.38. The number of fused-ring (bicyclic) bond motifs is 1. The molecule has 1 aliphatic carbocycles. The maximum Gasteiger partial charge on any atom is 0.361 e. The van der Waals surface area contributed by atoms with Gasteiger partial charge in [0.15, 0.2) is 0 Å². The number of nitrogens with one attached hydrogen (secondary N) is 1. The van der Waals surface area contributed by atoms with Crippen molar-refractivity contribution in [2.45, 2.75) is 19.3 Å². The molecule has 0 bridgehead atoms. The van der Waals surface area contributed by atoms with Crippen LogP contribution in [0.25, 0.3) is 11.1 Å². The van der Waals surface area contributed by atoms with Gasteiger partial charge in [0.2, 0.25) is 11.5 Å². The molecule has 1 fully saturated rings. The van der Waals surface area contributed by atoms with Gasteiger partial charge in [-0.25, -0.2) is 0 Å². The van der Waals surface area contributed by atoms with Crippen LogP contribution in [0, 0.1) is 11.1 Å². The topological polar surface area (TPSA) is 69.2 Å². The van der Waals surface area contributed by atoms with E-state index in [2.05, 4.69) is 5.32 Å². The minimum absolute atomic E-state index is 0.0866. The smallest absolute Gasteiger partial charge is 0.361 e. The fraction of sp³-hybridized carbons (Fsp3) is 0.385. The summed E-state index contributed by atoms with van der Waals surface area (Å²) in [6, 6.07) is 7.10. The van der Waals surface area contributed by atoms with Crippen LogP contribution in [0.2, 0.25) is 0 Å². The highest BCUT2D eigenvalue weighted by Gasteiger charge is 2.29. The van der Waals surface area contributed by atoms with Gasteiger partial charge in [0.05, 0.1) is 6.42 Å². The third-order valence-electron chi connectivity index (χ3n) is 3.12. The first-order valence-electron chi connectivity index (χ1n) is 6.13. The third-order valence-corrected chi connectivity index (χ3v) is 3.12. The van der Waals surface area contributed by atoms with E-state index in [0.29, 0.717) is 30.0 Å². The van der Waals surface area contributed by atoms with Crippen LogP contribution in [-0.4, -0.2) is 12.5 Å². The minimum atomic E-state index is 0.0866. The van der Waals surface area contributed by atoms with Gasteiger partial charge in [-0.05, 0) is 18.9 Å². The fourth-order valence-corrected chi connectivity index (χ4v) is 1.95. The molecule has 0 radical (unpaired) electrons. The molecule has 0 atom stereocenters. The van der Waals surface area contributed by atoms with E-state index < -0.39 is 0 Å². The van der Waals surface area contributed by atoms with Crippen molar-refractivity contribution in [1.82, 2.24) is 5.32 Å². The number of carbonyl (C=O) groups excluding carboxylic acids is 1. The molecule has 0 spiro atoms. The lowest BCUT2D eigenvalue weighted by Gasteiger charge is -2.01. The molecule has 1 aliphatic rings. The van der Waals surface area contributed by atoms with Crippen molar-refractivity contribution in [3.05, 3.63) is 35.4 Å². The Bertz CT molecular complexity index is 587. The normalized spacial score (nSPS) is 14.9. The zero-order chi connectivity index (χ0) is 12.5. The summed E-state index contributed by atoms with van der Waals surface area (Å²) in [5.41, 5.74) is 1.11. The Hall–Kier alpha value is -2.04. The van der Waals surface area contributed by atoms with E-state index in [9.17, 15) is 10.0 Å². The van der Waals surface area contributed by atoms with E-state index in [-0.39, 0.29) is 11.8 Å². The molecule has 0 aliphatic heterocycles. The van der Waals surface area contributed by atoms with E-state index in [1.54, 1.807) is 18.2 Å². The first kappa shape index (κ1) is 11.1. The molecule has 0 unspecified atom stereocenters. The lowest BCUT2D eigenvalue weighted by atomic mass is 10.3. The number of aromatic nitrogens is 1.